The van der Waals surface area contributed by atoms with Crippen LogP contribution in [0.2, 0.25) is 0 Å². The van der Waals surface area contributed by atoms with E-state index in [0.717, 1.165) is 6.42 Å². The zero-order valence-electron chi connectivity index (χ0n) is 12.4. The normalized spacial score (nSPS) is 13.7. The first-order chi connectivity index (χ1) is 10.6. The van der Waals surface area contributed by atoms with Crippen LogP contribution in [0.25, 0.3) is 11.6 Å². The Balaban J connectivity index is 2.05. The highest BCUT2D eigenvalue weighted by Crippen LogP contribution is 2.34. The highest BCUT2D eigenvalue weighted by atomic mass is 19.1. The smallest absolute Gasteiger partial charge is 0.133 e. The lowest BCUT2D eigenvalue weighted by molar-refractivity contribution is 0.571. The van der Waals surface area contributed by atoms with Crippen LogP contribution in [0.1, 0.15) is 42.0 Å². The monoisotopic (exact) mass is 302 g/mol. The van der Waals surface area contributed by atoms with Crippen molar-refractivity contribution in [3.8, 4) is 0 Å². The first-order valence-electron chi connectivity index (χ1n) is 7.56. The minimum Gasteiger partial charge on any atom is -0.207 e. The average molecular weight is 302 g/mol. The number of allylic oxidation sites excluding steroid dienone is 1. The SMILES string of the molecule is CCCc1cc(F)c(C2=Cc3cccc(F)c3CC2)c(F)c1. The second-order valence-electron chi connectivity index (χ2n) is 5.66. The molecule has 1 aliphatic carbocycles. The second-order valence-corrected chi connectivity index (χ2v) is 5.66. The van der Waals surface area contributed by atoms with Gasteiger partial charge in [-0.25, -0.2) is 13.2 Å². The van der Waals surface area contributed by atoms with E-state index in [0.29, 0.717) is 41.5 Å². The van der Waals surface area contributed by atoms with Crippen LogP contribution in [-0.2, 0) is 12.8 Å². The Kier molecular flexibility index (Phi) is 4.06. The highest BCUT2D eigenvalue weighted by Gasteiger charge is 2.20. The summed E-state index contributed by atoms with van der Waals surface area (Å²) in [4.78, 5) is 0. The molecule has 1 aliphatic rings. The van der Waals surface area contributed by atoms with Gasteiger partial charge in [0.1, 0.15) is 17.5 Å². The van der Waals surface area contributed by atoms with E-state index in [4.69, 9.17) is 0 Å². The lowest BCUT2D eigenvalue weighted by atomic mass is 9.87. The molecular formula is C19H17F3. The van der Waals surface area contributed by atoms with Crippen LogP contribution in [0.4, 0.5) is 13.2 Å². The molecule has 0 heterocycles. The van der Waals surface area contributed by atoms with Crippen molar-refractivity contribution >= 4 is 11.6 Å². The molecular weight excluding hydrogens is 285 g/mol. The number of benzene rings is 2. The van der Waals surface area contributed by atoms with Crippen LogP contribution in [0, 0.1) is 17.5 Å². The lowest BCUT2D eigenvalue weighted by Crippen LogP contribution is -2.05. The summed E-state index contributed by atoms with van der Waals surface area (Å²) in [5.41, 5.74) is 2.61. The Morgan fingerprint density at radius 3 is 2.36 bits per heavy atom. The molecule has 2 aromatic carbocycles. The largest absolute Gasteiger partial charge is 0.207 e. The van der Waals surface area contributed by atoms with Gasteiger partial charge in [-0.15, -0.1) is 0 Å². The third-order valence-electron chi connectivity index (χ3n) is 4.09. The van der Waals surface area contributed by atoms with Gasteiger partial charge >= 0.3 is 0 Å². The van der Waals surface area contributed by atoms with Gasteiger partial charge in [-0.1, -0.05) is 31.6 Å². The van der Waals surface area contributed by atoms with Crippen LogP contribution in [0.3, 0.4) is 0 Å². The molecule has 3 rings (SSSR count). The van der Waals surface area contributed by atoms with Crippen molar-refractivity contribution < 1.29 is 13.2 Å². The van der Waals surface area contributed by atoms with E-state index in [1.165, 1.54) is 18.2 Å². The molecule has 0 bridgehead atoms. The molecule has 0 saturated heterocycles. The Labute approximate surface area is 128 Å². The molecule has 3 heteroatoms. The highest BCUT2D eigenvalue weighted by molar-refractivity contribution is 5.85. The minimum absolute atomic E-state index is 0.0229. The maximum atomic E-state index is 14.3. The van der Waals surface area contributed by atoms with E-state index in [2.05, 4.69) is 0 Å². The Bertz CT molecular complexity index is 721. The number of rotatable bonds is 3. The molecule has 0 atom stereocenters. The summed E-state index contributed by atoms with van der Waals surface area (Å²) >= 11 is 0. The molecule has 2 aromatic rings. The number of hydrogen-bond donors (Lipinski definition) is 0. The molecule has 22 heavy (non-hydrogen) atoms. The Morgan fingerprint density at radius 1 is 0.955 bits per heavy atom. The maximum absolute atomic E-state index is 14.3. The topological polar surface area (TPSA) is 0 Å². The number of aryl methyl sites for hydroxylation is 1. The van der Waals surface area contributed by atoms with Gasteiger partial charge < -0.3 is 0 Å². The predicted molar refractivity (Wildman–Crippen MR) is 82.9 cm³/mol. The van der Waals surface area contributed by atoms with Crippen molar-refractivity contribution in [3.63, 3.8) is 0 Å². The van der Waals surface area contributed by atoms with Crippen LogP contribution in [0.15, 0.2) is 30.3 Å². The molecule has 0 saturated carbocycles. The molecule has 0 spiro atoms. The Hall–Kier alpha value is -2.03. The summed E-state index contributed by atoms with van der Waals surface area (Å²) in [5.74, 6) is -1.32. The standard InChI is InChI=1S/C19H17F3/c1-2-4-12-9-17(21)19(18(22)10-12)14-7-8-15-13(11-14)5-3-6-16(15)20/h3,5-6,9-11H,2,4,7-8H2,1H3. The van der Waals surface area contributed by atoms with Crippen molar-refractivity contribution in [1.82, 2.24) is 0 Å². The molecule has 0 nitrogen and oxygen atoms in total. The fourth-order valence-corrected chi connectivity index (χ4v) is 3.06. The van der Waals surface area contributed by atoms with Gasteiger partial charge in [-0.2, -0.15) is 0 Å². The van der Waals surface area contributed by atoms with Gasteiger partial charge in [0.2, 0.25) is 0 Å². The summed E-state index contributed by atoms with van der Waals surface area (Å²) in [5, 5.41) is 0. The molecule has 0 aliphatic heterocycles. The fraction of sp³-hybridized carbons (Fsp3) is 0.263. The van der Waals surface area contributed by atoms with Gasteiger partial charge in [0, 0.05) is 5.56 Å². The summed E-state index contributed by atoms with van der Waals surface area (Å²) in [6.07, 6.45) is 4.09. The first kappa shape index (κ1) is 14.9. The van der Waals surface area contributed by atoms with Gasteiger partial charge in [0.25, 0.3) is 0 Å². The number of hydrogen-bond acceptors (Lipinski definition) is 0. The van der Waals surface area contributed by atoms with Crippen molar-refractivity contribution in [3.05, 3.63) is 70.0 Å². The molecule has 0 radical (unpaired) electrons. The second kappa shape index (κ2) is 5.99. The molecule has 114 valence electrons. The zero-order chi connectivity index (χ0) is 15.7. The number of halogens is 3. The average Bonchev–Trinajstić information content (AvgIpc) is 2.47. The zero-order valence-corrected chi connectivity index (χ0v) is 12.4. The fourth-order valence-electron chi connectivity index (χ4n) is 3.06. The van der Waals surface area contributed by atoms with Gasteiger partial charge in [0.05, 0.1) is 0 Å². The molecule has 0 unspecified atom stereocenters. The summed E-state index contributed by atoms with van der Waals surface area (Å²) in [7, 11) is 0. The third kappa shape index (κ3) is 2.68. The quantitative estimate of drug-likeness (QED) is 0.698. The summed E-state index contributed by atoms with van der Waals surface area (Å²) < 4.78 is 42.4. The minimum atomic E-state index is -0.533. The maximum Gasteiger partial charge on any atom is 0.133 e. The van der Waals surface area contributed by atoms with Gasteiger partial charge in [-0.05, 0) is 59.7 Å². The van der Waals surface area contributed by atoms with Crippen molar-refractivity contribution in [2.24, 2.45) is 0 Å². The van der Waals surface area contributed by atoms with E-state index in [1.807, 2.05) is 6.92 Å². The van der Waals surface area contributed by atoms with Crippen molar-refractivity contribution in [2.75, 3.05) is 0 Å². The molecule has 0 aromatic heterocycles. The van der Waals surface area contributed by atoms with Crippen LogP contribution in [-0.4, -0.2) is 0 Å². The van der Waals surface area contributed by atoms with Crippen LogP contribution >= 0.6 is 0 Å². The first-order valence-corrected chi connectivity index (χ1v) is 7.56. The van der Waals surface area contributed by atoms with E-state index in [1.54, 1.807) is 18.2 Å². The summed E-state index contributed by atoms with van der Waals surface area (Å²) in [6.45, 7) is 1.97. The third-order valence-corrected chi connectivity index (χ3v) is 4.09. The number of fused-ring (bicyclic) bond motifs is 1. The van der Waals surface area contributed by atoms with Gasteiger partial charge in [0.15, 0.2) is 0 Å². The van der Waals surface area contributed by atoms with E-state index in [9.17, 15) is 13.2 Å². The van der Waals surface area contributed by atoms with E-state index in [-0.39, 0.29) is 11.4 Å². The van der Waals surface area contributed by atoms with Crippen LogP contribution in [0.5, 0.6) is 0 Å². The lowest BCUT2D eigenvalue weighted by Gasteiger charge is -2.18. The van der Waals surface area contributed by atoms with Crippen molar-refractivity contribution in [2.45, 2.75) is 32.6 Å². The Morgan fingerprint density at radius 2 is 1.68 bits per heavy atom. The predicted octanol–water partition coefficient (Wildman–Crippen LogP) is 5.54. The van der Waals surface area contributed by atoms with E-state index < -0.39 is 11.6 Å². The summed E-state index contributed by atoms with van der Waals surface area (Å²) in [6, 6.07) is 7.62. The van der Waals surface area contributed by atoms with Crippen molar-refractivity contribution in [1.29, 1.82) is 0 Å². The van der Waals surface area contributed by atoms with Gasteiger partial charge in [-0.3, -0.25) is 0 Å². The van der Waals surface area contributed by atoms with Crippen LogP contribution < -0.4 is 0 Å². The molecule has 0 fully saturated rings. The van der Waals surface area contributed by atoms with E-state index >= 15 is 0 Å². The molecule has 0 amide bonds. The molecule has 0 N–H and O–H groups in total.